The summed E-state index contributed by atoms with van der Waals surface area (Å²) in [5.41, 5.74) is 4.72. The highest BCUT2D eigenvalue weighted by molar-refractivity contribution is 6.01. The Labute approximate surface area is 217 Å². The molecule has 0 bridgehead atoms. The molecule has 0 unspecified atom stereocenters. The summed E-state index contributed by atoms with van der Waals surface area (Å²) in [5.74, 6) is 4.00. The van der Waals surface area contributed by atoms with Gasteiger partial charge in [-0.05, 0) is 92.0 Å². The van der Waals surface area contributed by atoms with Crippen molar-refractivity contribution in [2.45, 2.75) is 58.3 Å². The van der Waals surface area contributed by atoms with Gasteiger partial charge in [0.1, 0.15) is 12.1 Å². The molecule has 7 rings (SSSR count). The van der Waals surface area contributed by atoms with Crippen molar-refractivity contribution >= 4 is 11.6 Å². The van der Waals surface area contributed by atoms with Crippen LogP contribution in [0.15, 0.2) is 60.5 Å². The van der Waals surface area contributed by atoms with Crippen LogP contribution in [0.25, 0.3) is 17.0 Å². The first-order chi connectivity index (χ1) is 17.9. The van der Waals surface area contributed by atoms with Gasteiger partial charge in [-0.25, -0.2) is 4.98 Å². The number of nitrogens with zero attached hydrogens (tertiary/aromatic N) is 4. The summed E-state index contributed by atoms with van der Waals surface area (Å²) in [6, 6.07) is 10.3. The van der Waals surface area contributed by atoms with E-state index in [4.69, 9.17) is 9.72 Å². The first-order valence-corrected chi connectivity index (χ1v) is 13.7. The van der Waals surface area contributed by atoms with Crippen LogP contribution in [0.2, 0.25) is 0 Å². The molecule has 3 fully saturated rings. The molecule has 0 N–H and O–H groups in total. The Morgan fingerprint density at radius 3 is 2.81 bits per heavy atom. The predicted octanol–water partition coefficient (Wildman–Crippen LogP) is 6.19. The SMILES string of the molecule is COc1ccccc1-c1cc([C@H]2CC[C@H]3[C@@H]4CCC5=CC(=O)C=C[C@]5(C)[C@H]4CC[C@]23C)nc2ncnn12. The van der Waals surface area contributed by atoms with Crippen molar-refractivity contribution in [3.63, 3.8) is 0 Å². The fraction of sp³-hybridized carbons (Fsp3) is 0.484. The second-order valence-electron chi connectivity index (χ2n) is 12.0. The highest BCUT2D eigenvalue weighted by atomic mass is 16.5. The normalized spacial score (nSPS) is 34.6. The number of methoxy groups -OCH3 is 1. The van der Waals surface area contributed by atoms with Gasteiger partial charge >= 0.3 is 0 Å². The maximum Gasteiger partial charge on any atom is 0.252 e. The van der Waals surface area contributed by atoms with Gasteiger partial charge < -0.3 is 4.74 Å². The minimum Gasteiger partial charge on any atom is -0.496 e. The lowest BCUT2D eigenvalue weighted by Crippen LogP contribution is -2.49. The van der Waals surface area contributed by atoms with Gasteiger partial charge in [-0.3, -0.25) is 4.79 Å². The van der Waals surface area contributed by atoms with E-state index in [0.717, 1.165) is 35.5 Å². The molecule has 0 aliphatic heterocycles. The lowest BCUT2D eigenvalue weighted by atomic mass is 9.47. The fourth-order valence-electron chi connectivity index (χ4n) is 8.74. The van der Waals surface area contributed by atoms with Crippen LogP contribution in [0, 0.1) is 28.6 Å². The molecule has 0 spiro atoms. The zero-order valence-electron chi connectivity index (χ0n) is 21.9. The molecule has 2 heterocycles. The molecule has 6 heteroatoms. The molecule has 0 amide bonds. The molecule has 4 aliphatic rings. The third-order valence-corrected chi connectivity index (χ3v) is 10.6. The van der Waals surface area contributed by atoms with Crippen LogP contribution in [0.4, 0.5) is 0 Å². The number of hydrogen-bond acceptors (Lipinski definition) is 5. The molecular formula is C31H34N4O2. The van der Waals surface area contributed by atoms with Crippen LogP contribution in [0.5, 0.6) is 5.75 Å². The van der Waals surface area contributed by atoms with Crippen molar-refractivity contribution in [1.82, 2.24) is 19.6 Å². The monoisotopic (exact) mass is 494 g/mol. The van der Waals surface area contributed by atoms with E-state index < -0.39 is 0 Å². The smallest absolute Gasteiger partial charge is 0.252 e. The van der Waals surface area contributed by atoms with Crippen LogP contribution < -0.4 is 4.74 Å². The molecule has 0 saturated heterocycles. The van der Waals surface area contributed by atoms with Crippen molar-refractivity contribution in [1.29, 1.82) is 0 Å². The Hall–Kier alpha value is -3.28. The van der Waals surface area contributed by atoms with Gasteiger partial charge in [-0.15, -0.1) is 0 Å². The molecule has 1 aromatic carbocycles. The number of aromatic nitrogens is 4. The van der Waals surface area contributed by atoms with Gasteiger partial charge in [-0.2, -0.15) is 14.6 Å². The number of rotatable bonds is 3. The molecular weight excluding hydrogens is 460 g/mol. The van der Waals surface area contributed by atoms with Crippen LogP contribution in [-0.2, 0) is 4.79 Å². The molecule has 37 heavy (non-hydrogen) atoms. The number of carbonyl (C=O) groups is 1. The maximum absolute atomic E-state index is 12.1. The average molecular weight is 495 g/mol. The maximum atomic E-state index is 12.1. The Bertz CT molecular complexity index is 1470. The zero-order valence-corrected chi connectivity index (χ0v) is 21.9. The van der Waals surface area contributed by atoms with Crippen LogP contribution in [0.3, 0.4) is 0 Å². The first kappa shape index (κ1) is 22.9. The van der Waals surface area contributed by atoms with Gasteiger partial charge in [0.05, 0.1) is 18.5 Å². The Morgan fingerprint density at radius 1 is 1.08 bits per heavy atom. The highest BCUT2D eigenvalue weighted by Gasteiger charge is 2.59. The summed E-state index contributed by atoms with van der Waals surface area (Å²) >= 11 is 0. The fourth-order valence-corrected chi connectivity index (χ4v) is 8.74. The molecule has 2 aromatic heterocycles. The number of benzene rings is 1. The van der Waals surface area contributed by atoms with Crippen molar-refractivity contribution < 1.29 is 9.53 Å². The summed E-state index contributed by atoms with van der Waals surface area (Å²) in [4.78, 5) is 21.7. The van der Waals surface area contributed by atoms with E-state index in [-0.39, 0.29) is 16.6 Å². The van der Waals surface area contributed by atoms with Gasteiger partial charge in [0, 0.05) is 16.9 Å². The molecule has 190 valence electrons. The zero-order chi connectivity index (χ0) is 25.4. The minimum absolute atomic E-state index is 0.0337. The van der Waals surface area contributed by atoms with E-state index >= 15 is 0 Å². The number of allylic oxidation sites excluding steroid dienone is 4. The Balaban J connectivity index is 1.27. The molecule has 6 nitrogen and oxygen atoms in total. The third kappa shape index (κ3) is 3.23. The number of carbonyl (C=O) groups excluding carboxylic acids is 1. The van der Waals surface area contributed by atoms with Crippen molar-refractivity contribution in [3.05, 3.63) is 66.2 Å². The van der Waals surface area contributed by atoms with E-state index in [0.29, 0.717) is 29.4 Å². The summed E-state index contributed by atoms with van der Waals surface area (Å²) in [6.07, 6.45) is 14.6. The van der Waals surface area contributed by atoms with E-state index in [1.165, 1.54) is 31.3 Å². The summed E-state index contributed by atoms with van der Waals surface area (Å²) in [6.45, 7) is 4.91. The van der Waals surface area contributed by atoms with Crippen LogP contribution >= 0.6 is 0 Å². The van der Waals surface area contributed by atoms with Crippen LogP contribution in [0.1, 0.15) is 64.0 Å². The van der Waals surface area contributed by atoms with Crippen LogP contribution in [-0.4, -0.2) is 32.5 Å². The first-order valence-electron chi connectivity index (χ1n) is 13.7. The topological polar surface area (TPSA) is 69.4 Å². The number of fused-ring (bicyclic) bond motifs is 6. The number of ketones is 1. The molecule has 4 aliphatic carbocycles. The summed E-state index contributed by atoms with van der Waals surface area (Å²) in [5, 5.41) is 4.49. The van der Waals surface area contributed by atoms with Gasteiger partial charge in [0.2, 0.25) is 0 Å². The van der Waals surface area contributed by atoms with E-state index in [1.54, 1.807) is 13.4 Å². The second-order valence-corrected chi connectivity index (χ2v) is 12.0. The van der Waals surface area contributed by atoms with Crippen molar-refractivity contribution in [2.75, 3.05) is 7.11 Å². The highest BCUT2D eigenvalue weighted by Crippen LogP contribution is 2.67. The quantitative estimate of drug-likeness (QED) is 0.434. The summed E-state index contributed by atoms with van der Waals surface area (Å²) in [7, 11) is 1.71. The minimum atomic E-state index is 0.0337. The number of para-hydroxylation sites is 1. The van der Waals surface area contributed by atoms with Gasteiger partial charge in [-0.1, -0.05) is 37.6 Å². The largest absolute Gasteiger partial charge is 0.496 e. The third-order valence-electron chi connectivity index (χ3n) is 10.6. The molecule has 3 aromatic rings. The van der Waals surface area contributed by atoms with Gasteiger partial charge in [0.15, 0.2) is 5.78 Å². The molecule has 0 radical (unpaired) electrons. The lowest BCUT2D eigenvalue weighted by Gasteiger charge is -2.57. The molecule has 6 atom stereocenters. The summed E-state index contributed by atoms with van der Waals surface area (Å²) < 4.78 is 7.53. The lowest BCUT2D eigenvalue weighted by molar-refractivity contribution is -0.111. The van der Waals surface area contributed by atoms with E-state index in [9.17, 15) is 4.79 Å². The Morgan fingerprint density at radius 2 is 1.95 bits per heavy atom. The standard InChI is InChI=1S/C31H34N4O2/c1-30-14-12-20(36)16-19(30)8-9-21-23-10-11-25(31(23,2)15-13-24(21)30)26-17-27(35-29(34-26)32-18-33-35)22-6-4-5-7-28(22)37-3/h4-7,12,14,16-18,21,23-25H,8-11,13,15H2,1-3H3/t21-,23-,24-,25+,30-,31-/m0/s1. The number of hydrogen-bond donors (Lipinski definition) is 0. The van der Waals surface area contributed by atoms with Crippen molar-refractivity contribution in [2.24, 2.45) is 28.6 Å². The average Bonchev–Trinajstić information content (AvgIpc) is 3.52. The number of ether oxygens (including phenoxy) is 1. The Kier molecular flexibility index (Phi) is 5.01. The van der Waals surface area contributed by atoms with E-state index in [1.807, 2.05) is 34.9 Å². The predicted molar refractivity (Wildman–Crippen MR) is 142 cm³/mol. The molecule has 3 saturated carbocycles. The van der Waals surface area contributed by atoms with E-state index in [2.05, 4.69) is 42.1 Å². The van der Waals surface area contributed by atoms with Crippen molar-refractivity contribution in [3.8, 4) is 17.0 Å². The van der Waals surface area contributed by atoms with Gasteiger partial charge in [0.25, 0.3) is 5.78 Å². The second kappa shape index (κ2) is 8.11.